The van der Waals surface area contributed by atoms with Crippen molar-refractivity contribution in [3.63, 3.8) is 0 Å². The highest BCUT2D eigenvalue weighted by molar-refractivity contribution is 9.10. The van der Waals surface area contributed by atoms with Crippen LogP contribution in [-0.2, 0) is 12.8 Å². The predicted octanol–water partition coefficient (Wildman–Crippen LogP) is 4.31. The van der Waals surface area contributed by atoms with Crippen LogP contribution in [0.2, 0.25) is 0 Å². The van der Waals surface area contributed by atoms with Gasteiger partial charge in [-0.15, -0.1) is 11.3 Å². The SMILES string of the molecule is CC(C)NCC(Cc1ccc(Br)cc1)Cc1cscn1. The van der Waals surface area contributed by atoms with Crippen LogP contribution >= 0.6 is 27.3 Å². The summed E-state index contributed by atoms with van der Waals surface area (Å²) < 4.78 is 1.14. The Morgan fingerprint density at radius 1 is 1.20 bits per heavy atom. The number of hydrogen-bond donors (Lipinski definition) is 1. The van der Waals surface area contributed by atoms with Crippen LogP contribution in [0.15, 0.2) is 39.6 Å². The molecule has 0 aliphatic rings. The van der Waals surface area contributed by atoms with E-state index in [1.165, 1.54) is 11.3 Å². The predicted molar refractivity (Wildman–Crippen MR) is 90.3 cm³/mol. The number of halogens is 1. The van der Waals surface area contributed by atoms with E-state index in [2.05, 4.69) is 69.7 Å². The van der Waals surface area contributed by atoms with Crippen LogP contribution in [0.3, 0.4) is 0 Å². The number of rotatable bonds is 7. The summed E-state index contributed by atoms with van der Waals surface area (Å²) in [4.78, 5) is 4.42. The van der Waals surface area contributed by atoms with Gasteiger partial charge in [-0.3, -0.25) is 0 Å². The minimum atomic E-state index is 0.526. The van der Waals surface area contributed by atoms with Crippen LogP contribution in [0.5, 0.6) is 0 Å². The zero-order chi connectivity index (χ0) is 14.4. The second-order valence-corrected chi connectivity index (χ2v) is 7.08. The Morgan fingerprint density at radius 3 is 2.55 bits per heavy atom. The normalized spacial score (nSPS) is 12.8. The lowest BCUT2D eigenvalue weighted by Gasteiger charge is -2.18. The topological polar surface area (TPSA) is 24.9 Å². The Labute approximate surface area is 133 Å². The molecule has 0 radical (unpaired) electrons. The number of nitrogens with one attached hydrogen (secondary N) is 1. The van der Waals surface area contributed by atoms with E-state index in [0.717, 1.165) is 23.9 Å². The molecule has 20 heavy (non-hydrogen) atoms. The third-order valence-electron chi connectivity index (χ3n) is 3.23. The van der Waals surface area contributed by atoms with E-state index in [-0.39, 0.29) is 0 Å². The largest absolute Gasteiger partial charge is 0.314 e. The van der Waals surface area contributed by atoms with Crippen LogP contribution < -0.4 is 5.32 Å². The van der Waals surface area contributed by atoms with Gasteiger partial charge in [0, 0.05) is 15.9 Å². The fraction of sp³-hybridized carbons (Fsp3) is 0.438. The lowest BCUT2D eigenvalue weighted by Crippen LogP contribution is -2.31. The maximum atomic E-state index is 4.42. The second kappa shape index (κ2) is 7.91. The molecule has 0 bridgehead atoms. The van der Waals surface area contributed by atoms with E-state index in [1.54, 1.807) is 11.3 Å². The van der Waals surface area contributed by atoms with Gasteiger partial charge < -0.3 is 5.32 Å². The molecule has 0 spiro atoms. The number of benzene rings is 1. The first-order valence-electron chi connectivity index (χ1n) is 6.98. The van der Waals surface area contributed by atoms with Gasteiger partial charge in [-0.25, -0.2) is 4.98 Å². The maximum absolute atomic E-state index is 4.42. The maximum Gasteiger partial charge on any atom is 0.0794 e. The zero-order valence-electron chi connectivity index (χ0n) is 12.0. The van der Waals surface area contributed by atoms with Crippen molar-refractivity contribution in [2.45, 2.75) is 32.7 Å². The summed E-state index contributed by atoms with van der Waals surface area (Å²) in [5, 5.41) is 5.71. The molecule has 108 valence electrons. The minimum Gasteiger partial charge on any atom is -0.314 e. The van der Waals surface area contributed by atoms with E-state index in [0.29, 0.717) is 12.0 Å². The van der Waals surface area contributed by atoms with Crippen LogP contribution in [0.1, 0.15) is 25.1 Å². The van der Waals surface area contributed by atoms with Gasteiger partial charge in [-0.05, 0) is 43.0 Å². The third kappa shape index (κ3) is 5.35. The average Bonchev–Trinajstić information content (AvgIpc) is 2.91. The molecule has 2 aromatic rings. The number of thiazole rings is 1. The Kier molecular flexibility index (Phi) is 6.20. The molecule has 4 heteroatoms. The molecule has 1 atom stereocenters. The molecular formula is C16H21BrN2S. The molecule has 2 nitrogen and oxygen atoms in total. The molecule has 0 saturated heterocycles. The summed E-state index contributed by atoms with van der Waals surface area (Å²) in [6.07, 6.45) is 2.13. The number of hydrogen-bond acceptors (Lipinski definition) is 3. The van der Waals surface area contributed by atoms with Gasteiger partial charge in [0.2, 0.25) is 0 Å². The smallest absolute Gasteiger partial charge is 0.0794 e. The van der Waals surface area contributed by atoms with Gasteiger partial charge in [0.1, 0.15) is 0 Å². The van der Waals surface area contributed by atoms with Crippen LogP contribution in [0.4, 0.5) is 0 Å². The lowest BCUT2D eigenvalue weighted by molar-refractivity contribution is 0.441. The van der Waals surface area contributed by atoms with E-state index in [1.807, 2.05) is 5.51 Å². The number of nitrogens with zero attached hydrogens (tertiary/aromatic N) is 1. The van der Waals surface area contributed by atoms with Crippen LogP contribution in [-0.4, -0.2) is 17.6 Å². The van der Waals surface area contributed by atoms with Crippen molar-refractivity contribution in [3.8, 4) is 0 Å². The van der Waals surface area contributed by atoms with Crippen LogP contribution in [0, 0.1) is 5.92 Å². The van der Waals surface area contributed by atoms with Crippen molar-refractivity contribution in [1.82, 2.24) is 10.3 Å². The van der Waals surface area contributed by atoms with E-state index in [9.17, 15) is 0 Å². The highest BCUT2D eigenvalue weighted by Gasteiger charge is 2.12. The molecule has 0 aliphatic carbocycles. The van der Waals surface area contributed by atoms with Crippen LogP contribution in [0.25, 0.3) is 0 Å². The van der Waals surface area contributed by atoms with Gasteiger partial charge in [0.15, 0.2) is 0 Å². The quantitative estimate of drug-likeness (QED) is 0.803. The van der Waals surface area contributed by atoms with Crippen molar-refractivity contribution in [3.05, 3.63) is 50.9 Å². The molecule has 0 aliphatic heterocycles. The summed E-state index contributed by atoms with van der Waals surface area (Å²) in [6.45, 7) is 5.42. The first-order chi connectivity index (χ1) is 9.63. The van der Waals surface area contributed by atoms with Crippen molar-refractivity contribution in [1.29, 1.82) is 0 Å². The van der Waals surface area contributed by atoms with E-state index >= 15 is 0 Å². The molecule has 0 saturated carbocycles. The standard InChI is InChI=1S/C16H21BrN2S/c1-12(2)18-9-14(8-16-10-20-11-19-16)7-13-3-5-15(17)6-4-13/h3-6,10-12,14,18H,7-9H2,1-2H3. The summed E-state index contributed by atoms with van der Waals surface area (Å²) in [6, 6.07) is 9.16. The van der Waals surface area contributed by atoms with Crippen molar-refractivity contribution >= 4 is 27.3 Å². The summed E-state index contributed by atoms with van der Waals surface area (Å²) in [5.74, 6) is 0.584. The second-order valence-electron chi connectivity index (χ2n) is 5.44. The molecular weight excluding hydrogens is 332 g/mol. The van der Waals surface area contributed by atoms with Crippen molar-refractivity contribution in [2.24, 2.45) is 5.92 Å². The third-order valence-corrected chi connectivity index (χ3v) is 4.40. The van der Waals surface area contributed by atoms with Crippen molar-refractivity contribution < 1.29 is 0 Å². The molecule has 1 heterocycles. The van der Waals surface area contributed by atoms with Gasteiger partial charge in [-0.1, -0.05) is 41.9 Å². The van der Waals surface area contributed by atoms with Gasteiger partial charge in [-0.2, -0.15) is 0 Å². The number of aromatic nitrogens is 1. The molecule has 0 fully saturated rings. The van der Waals surface area contributed by atoms with Gasteiger partial charge in [0.05, 0.1) is 11.2 Å². The molecule has 0 amide bonds. The molecule has 1 unspecified atom stereocenters. The Balaban J connectivity index is 1.99. The Morgan fingerprint density at radius 2 is 1.95 bits per heavy atom. The first kappa shape index (κ1) is 15.7. The average molecular weight is 353 g/mol. The lowest BCUT2D eigenvalue weighted by atomic mass is 9.94. The first-order valence-corrected chi connectivity index (χ1v) is 8.72. The van der Waals surface area contributed by atoms with Gasteiger partial charge in [0.25, 0.3) is 0 Å². The monoisotopic (exact) mass is 352 g/mol. The highest BCUT2D eigenvalue weighted by atomic mass is 79.9. The zero-order valence-corrected chi connectivity index (χ0v) is 14.4. The molecule has 2 rings (SSSR count). The summed E-state index contributed by atoms with van der Waals surface area (Å²) in [7, 11) is 0. The highest BCUT2D eigenvalue weighted by Crippen LogP contribution is 2.17. The Hall–Kier alpha value is -0.710. The fourth-order valence-electron chi connectivity index (χ4n) is 2.21. The van der Waals surface area contributed by atoms with E-state index < -0.39 is 0 Å². The van der Waals surface area contributed by atoms with Crippen molar-refractivity contribution in [2.75, 3.05) is 6.54 Å². The minimum absolute atomic E-state index is 0.526. The summed E-state index contributed by atoms with van der Waals surface area (Å²) in [5.41, 5.74) is 4.52. The molecule has 1 N–H and O–H groups in total. The summed E-state index contributed by atoms with van der Waals surface area (Å²) >= 11 is 5.17. The fourth-order valence-corrected chi connectivity index (χ4v) is 3.04. The Bertz CT molecular complexity index is 494. The molecule has 1 aromatic heterocycles. The van der Waals surface area contributed by atoms with Gasteiger partial charge >= 0.3 is 0 Å². The molecule has 1 aromatic carbocycles. The van der Waals surface area contributed by atoms with E-state index in [4.69, 9.17) is 0 Å².